The van der Waals surface area contributed by atoms with Crippen LogP contribution < -0.4 is 4.72 Å². The summed E-state index contributed by atoms with van der Waals surface area (Å²) >= 11 is 0. The van der Waals surface area contributed by atoms with Crippen LogP contribution in [-0.2, 0) is 23.6 Å². The molecule has 0 saturated carbocycles. The van der Waals surface area contributed by atoms with Crippen molar-refractivity contribution in [3.05, 3.63) is 29.5 Å². The Morgan fingerprint density at radius 1 is 1.39 bits per heavy atom. The number of sulfonamides is 1. The minimum atomic E-state index is -3.55. The van der Waals surface area contributed by atoms with E-state index in [0.717, 1.165) is 11.3 Å². The van der Waals surface area contributed by atoms with Gasteiger partial charge < -0.3 is 4.98 Å². The lowest BCUT2D eigenvalue weighted by molar-refractivity contribution is 0.577. The van der Waals surface area contributed by atoms with Crippen molar-refractivity contribution in [2.75, 3.05) is 0 Å². The Kier molecular flexibility index (Phi) is 3.22. The summed E-state index contributed by atoms with van der Waals surface area (Å²) in [6, 6.07) is 0. The van der Waals surface area contributed by atoms with Gasteiger partial charge in [-0.1, -0.05) is 0 Å². The molecule has 0 atom stereocenters. The van der Waals surface area contributed by atoms with E-state index in [1.165, 1.54) is 6.20 Å². The van der Waals surface area contributed by atoms with Crippen LogP contribution in [0.3, 0.4) is 0 Å². The van der Waals surface area contributed by atoms with Crippen LogP contribution in [0.15, 0.2) is 17.4 Å². The molecule has 0 aromatic carbocycles. The monoisotopic (exact) mass is 269 g/mol. The number of aromatic nitrogens is 4. The minimum Gasteiger partial charge on any atom is -0.332 e. The van der Waals surface area contributed by atoms with Gasteiger partial charge in [0.05, 0.1) is 12.4 Å². The number of nitrogens with zero attached hydrogens (tertiary/aromatic N) is 3. The van der Waals surface area contributed by atoms with Crippen molar-refractivity contribution >= 4 is 10.0 Å². The Labute approximate surface area is 105 Å². The summed E-state index contributed by atoms with van der Waals surface area (Å²) in [6.07, 6.45) is 2.95. The first kappa shape index (κ1) is 12.8. The Bertz CT molecular complexity index is 656. The van der Waals surface area contributed by atoms with Crippen LogP contribution in [0.2, 0.25) is 0 Å². The predicted molar refractivity (Wildman–Crippen MR) is 65.3 cm³/mol. The van der Waals surface area contributed by atoms with Gasteiger partial charge >= 0.3 is 0 Å². The number of aromatic amines is 1. The summed E-state index contributed by atoms with van der Waals surface area (Å²) in [6.45, 7) is 3.79. The largest absolute Gasteiger partial charge is 0.332 e. The van der Waals surface area contributed by atoms with Gasteiger partial charge in [-0.25, -0.2) is 18.1 Å². The minimum absolute atomic E-state index is 0.0709. The number of rotatable bonds is 4. The number of H-pyrrole nitrogens is 1. The average Bonchev–Trinajstić information content (AvgIpc) is 2.86. The summed E-state index contributed by atoms with van der Waals surface area (Å²) in [7, 11) is -1.74. The number of hydrogen-bond acceptors (Lipinski definition) is 4. The SMILES string of the molecule is Cc1ncc(S(=O)(=O)NCc2cnn(C)c2C)[nH]1. The average molecular weight is 269 g/mol. The standard InChI is InChI=1S/C10H15N5O2S/c1-7-9(4-12-15(7)3)5-13-18(16,17)10-6-11-8(2)14-10/h4,6,13H,5H2,1-3H3,(H,11,14). The van der Waals surface area contributed by atoms with E-state index in [0.29, 0.717) is 5.82 Å². The molecule has 0 bridgehead atoms. The Morgan fingerprint density at radius 2 is 2.11 bits per heavy atom. The van der Waals surface area contributed by atoms with E-state index in [2.05, 4.69) is 19.8 Å². The van der Waals surface area contributed by atoms with Crippen LogP contribution in [0.5, 0.6) is 0 Å². The van der Waals surface area contributed by atoms with Gasteiger partial charge in [-0.05, 0) is 13.8 Å². The molecule has 0 aliphatic rings. The normalized spacial score (nSPS) is 11.9. The van der Waals surface area contributed by atoms with E-state index in [1.54, 1.807) is 17.8 Å². The zero-order valence-corrected chi connectivity index (χ0v) is 11.2. The summed E-state index contributed by atoms with van der Waals surface area (Å²) in [4.78, 5) is 6.56. The maximum atomic E-state index is 11.9. The van der Waals surface area contributed by atoms with E-state index in [4.69, 9.17) is 0 Å². The van der Waals surface area contributed by atoms with Crippen LogP contribution in [0.4, 0.5) is 0 Å². The molecule has 2 N–H and O–H groups in total. The highest BCUT2D eigenvalue weighted by atomic mass is 32.2. The molecular weight excluding hydrogens is 254 g/mol. The third-order valence-electron chi connectivity index (χ3n) is 2.76. The molecule has 0 spiro atoms. The van der Waals surface area contributed by atoms with Crippen molar-refractivity contribution in [1.82, 2.24) is 24.5 Å². The van der Waals surface area contributed by atoms with E-state index in [9.17, 15) is 8.42 Å². The maximum absolute atomic E-state index is 11.9. The molecule has 18 heavy (non-hydrogen) atoms. The first-order valence-electron chi connectivity index (χ1n) is 5.39. The fraction of sp³-hybridized carbons (Fsp3) is 0.400. The van der Waals surface area contributed by atoms with Gasteiger partial charge in [0.2, 0.25) is 0 Å². The van der Waals surface area contributed by atoms with Crippen LogP contribution >= 0.6 is 0 Å². The summed E-state index contributed by atoms with van der Waals surface area (Å²) in [5, 5.41) is 4.13. The number of aryl methyl sites for hydroxylation is 2. The molecule has 98 valence electrons. The van der Waals surface area contributed by atoms with Crippen LogP contribution in [0.25, 0.3) is 0 Å². The quantitative estimate of drug-likeness (QED) is 0.831. The molecule has 0 radical (unpaired) electrons. The van der Waals surface area contributed by atoms with Gasteiger partial charge in [0.15, 0.2) is 5.03 Å². The van der Waals surface area contributed by atoms with Crippen LogP contribution in [0.1, 0.15) is 17.1 Å². The highest BCUT2D eigenvalue weighted by Crippen LogP contribution is 2.09. The van der Waals surface area contributed by atoms with Crippen molar-refractivity contribution in [3.8, 4) is 0 Å². The van der Waals surface area contributed by atoms with Crippen molar-refractivity contribution in [2.24, 2.45) is 7.05 Å². The van der Waals surface area contributed by atoms with Crippen LogP contribution in [-0.4, -0.2) is 28.2 Å². The molecule has 0 unspecified atom stereocenters. The molecule has 0 aliphatic heterocycles. The highest BCUT2D eigenvalue weighted by molar-refractivity contribution is 7.89. The molecular formula is C10H15N5O2S. The summed E-state index contributed by atoms with van der Waals surface area (Å²) < 4.78 is 28.1. The second-order valence-electron chi connectivity index (χ2n) is 4.04. The molecule has 2 aromatic heterocycles. The lowest BCUT2D eigenvalue weighted by Gasteiger charge is -2.04. The van der Waals surface area contributed by atoms with Gasteiger partial charge in [0.25, 0.3) is 10.0 Å². The Morgan fingerprint density at radius 3 is 2.61 bits per heavy atom. The third-order valence-corrected chi connectivity index (χ3v) is 4.07. The van der Waals surface area contributed by atoms with E-state index >= 15 is 0 Å². The molecule has 0 saturated heterocycles. The van der Waals surface area contributed by atoms with Gasteiger partial charge in [-0.3, -0.25) is 4.68 Å². The number of hydrogen-bond donors (Lipinski definition) is 2. The lowest BCUT2D eigenvalue weighted by Crippen LogP contribution is -2.23. The fourth-order valence-electron chi connectivity index (χ4n) is 1.50. The van der Waals surface area contributed by atoms with E-state index in [-0.39, 0.29) is 11.6 Å². The molecule has 8 heteroatoms. The summed E-state index contributed by atoms with van der Waals surface area (Å²) in [5.74, 6) is 0.563. The molecule has 0 aliphatic carbocycles. The Hall–Kier alpha value is -1.67. The zero-order chi connectivity index (χ0) is 13.3. The molecule has 2 rings (SSSR count). The molecule has 2 heterocycles. The zero-order valence-electron chi connectivity index (χ0n) is 10.4. The smallest absolute Gasteiger partial charge is 0.257 e. The van der Waals surface area contributed by atoms with Gasteiger partial charge in [-0.2, -0.15) is 5.10 Å². The summed E-state index contributed by atoms with van der Waals surface area (Å²) in [5.41, 5.74) is 1.77. The maximum Gasteiger partial charge on any atom is 0.257 e. The molecule has 0 amide bonds. The van der Waals surface area contributed by atoms with Crippen molar-refractivity contribution in [1.29, 1.82) is 0 Å². The second-order valence-corrected chi connectivity index (χ2v) is 5.77. The third kappa shape index (κ3) is 2.44. The predicted octanol–water partition coefficient (Wildman–Crippen LogP) is 0.239. The van der Waals surface area contributed by atoms with Gasteiger partial charge in [0, 0.05) is 24.8 Å². The van der Waals surface area contributed by atoms with Crippen LogP contribution in [0, 0.1) is 13.8 Å². The van der Waals surface area contributed by atoms with Gasteiger partial charge in [-0.15, -0.1) is 0 Å². The molecule has 0 fully saturated rings. The first-order valence-corrected chi connectivity index (χ1v) is 6.87. The van der Waals surface area contributed by atoms with Crippen molar-refractivity contribution in [2.45, 2.75) is 25.4 Å². The van der Waals surface area contributed by atoms with Gasteiger partial charge in [0.1, 0.15) is 5.82 Å². The first-order chi connectivity index (χ1) is 8.40. The van der Waals surface area contributed by atoms with Crippen molar-refractivity contribution < 1.29 is 8.42 Å². The van der Waals surface area contributed by atoms with E-state index in [1.807, 2.05) is 14.0 Å². The fourth-order valence-corrected chi connectivity index (χ4v) is 2.48. The second kappa shape index (κ2) is 4.54. The topological polar surface area (TPSA) is 92.7 Å². The molecule has 7 nitrogen and oxygen atoms in total. The Balaban J connectivity index is 2.13. The number of imidazole rings is 1. The van der Waals surface area contributed by atoms with E-state index < -0.39 is 10.0 Å². The molecule has 2 aromatic rings. The lowest BCUT2D eigenvalue weighted by atomic mass is 10.3. The van der Waals surface area contributed by atoms with Crippen molar-refractivity contribution in [3.63, 3.8) is 0 Å². The number of nitrogens with one attached hydrogen (secondary N) is 2. The highest BCUT2D eigenvalue weighted by Gasteiger charge is 2.17.